The molecule has 0 saturated heterocycles. The Morgan fingerprint density at radius 3 is 2.74 bits per heavy atom. The molecule has 0 bridgehead atoms. The lowest BCUT2D eigenvalue weighted by atomic mass is 10.2. The first-order valence-corrected chi connectivity index (χ1v) is 8.41. The maximum Gasteiger partial charge on any atom is 0.331 e. The van der Waals surface area contributed by atoms with Gasteiger partial charge in [-0.25, -0.2) is 14.8 Å². The van der Waals surface area contributed by atoms with Gasteiger partial charge in [0.15, 0.2) is 11.6 Å². The van der Waals surface area contributed by atoms with Gasteiger partial charge in [0.05, 0.1) is 0 Å². The van der Waals surface area contributed by atoms with E-state index in [1.54, 1.807) is 9.13 Å². The quantitative estimate of drug-likeness (QED) is 0.749. The predicted molar refractivity (Wildman–Crippen MR) is 92.8 cm³/mol. The van der Waals surface area contributed by atoms with Crippen LogP contribution >= 0.6 is 15.9 Å². The molecule has 118 valence electrons. The monoisotopic (exact) mass is 373 g/mol. The fraction of sp³-hybridized carbons (Fsp3) is 0.312. The van der Waals surface area contributed by atoms with Crippen molar-refractivity contribution in [2.75, 3.05) is 5.32 Å². The summed E-state index contributed by atoms with van der Waals surface area (Å²) in [5.41, 5.74) is 1.66. The molecule has 1 atom stereocenters. The molecule has 6 nitrogen and oxygen atoms in total. The van der Waals surface area contributed by atoms with Crippen LogP contribution in [0.25, 0.3) is 22.9 Å². The van der Waals surface area contributed by atoms with Crippen molar-refractivity contribution in [2.45, 2.75) is 33.0 Å². The Bertz CT molecular complexity index is 912. The molecular formula is C16H16BrN5O. The van der Waals surface area contributed by atoms with Crippen molar-refractivity contribution in [1.82, 2.24) is 19.1 Å². The average molecular weight is 374 g/mol. The maximum atomic E-state index is 12.7. The third-order valence-electron chi connectivity index (χ3n) is 4.11. The molecule has 3 aliphatic rings. The molecule has 0 spiro atoms. The highest BCUT2D eigenvalue weighted by Gasteiger charge is 2.29. The minimum Gasteiger partial charge on any atom is -0.365 e. The number of imidazole rings is 1. The van der Waals surface area contributed by atoms with Crippen molar-refractivity contribution in [1.29, 1.82) is 0 Å². The number of halogens is 1. The Kier molecular flexibility index (Phi) is 3.26. The standard InChI is InChI=1S/C16H16BrN5O/c1-3-21-15-12(14-18-9(2)8-22(14)16(21)23)19-13(20-15)10-4-6-11(17)7-5-10/h4-7,9,18H,3,8H2,1-2H3. The van der Waals surface area contributed by atoms with Crippen LogP contribution in [0.3, 0.4) is 0 Å². The number of nitrogens with zero attached hydrogens (tertiary/aromatic N) is 4. The Morgan fingerprint density at radius 2 is 2.04 bits per heavy atom. The van der Waals surface area contributed by atoms with E-state index in [0.29, 0.717) is 24.7 Å². The molecule has 4 rings (SSSR count). The fourth-order valence-electron chi connectivity index (χ4n) is 3.02. The van der Waals surface area contributed by atoms with Gasteiger partial charge in [-0.2, -0.15) is 0 Å². The first kappa shape index (κ1) is 14.4. The van der Waals surface area contributed by atoms with Gasteiger partial charge in [-0.3, -0.25) is 9.13 Å². The first-order chi connectivity index (χ1) is 11.1. The van der Waals surface area contributed by atoms with Crippen LogP contribution in [-0.2, 0) is 13.1 Å². The molecule has 0 fully saturated rings. The van der Waals surface area contributed by atoms with Gasteiger partial charge in [-0.1, -0.05) is 28.1 Å². The highest BCUT2D eigenvalue weighted by Crippen LogP contribution is 2.32. The van der Waals surface area contributed by atoms with Crippen LogP contribution in [0.15, 0.2) is 33.5 Å². The van der Waals surface area contributed by atoms with E-state index in [-0.39, 0.29) is 11.7 Å². The fourth-order valence-corrected chi connectivity index (χ4v) is 3.29. The molecule has 0 radical (unpaired) electrons. The topological polar surface area (TPSA) is 64.7 Å². The Balaban J connectivity index is 1.98. The zero-order valence-corrected chi connectivity index (χ0v) is 14.5. The summed E-state index contributed by atoms with van der Waals surface area (Å²) < 4.78 is 4.46. The zero-order chi connectivity index (χ0) is 16.1. The van der Waals surface area contributed by atoms with Crippen LogP contribution in [0.1, 0.15) is 13.8 Å². The van der Waals surface area contributed by atoms with E-state index >= 15 is 0 Å². The third-order valence-corrected chi connectivity index (χ3v) is 4.64. The van der Waals surface area contributed by atoms with Gasteiger partial charge in [0.1, 0.15) is 11.5 Å². The molecule has 0 aliphatic carbocycles. The Labute approximate surface area is 141 Å². The van der Waals surface area contributed by atoms with Crippen LogP contribution < -0.4 is 11.0 Å². The Morgan fingerprint density at radius 1 is 1.30 bits per heavy atom. The van der Waals surface area contributed by atoms with Crippen molar-refractivity contribution >= 4 is 21.7 Å². The highest BCUT2D eigenvalue weighted by molar-refractivity contribution is 9.10. The molecule has 1 aromatic rings. The summed E-state index contributed by atoms with van der Waals surface area (Å²) in [6.45, 7) is 5.24. The van der Waals surface area contributed by atoms with Crippen molar-refractivity contribution in [3.8, 4) is 22.9 Å². The molecule has 0 saturated carbocycles. The van der Waals surface area contributed by atoms with Crippen LogP contribution in [-0.4, -0.2) is 25.1 Å². The SMILES string of the molecule is CCn1c2nc(-c3ccc(Br)cc3)nc-2c2n(c1=O)CC(C)N2. The van der Waals surface area contributed by atoms with Gasteiger partial charge >= 0.3 is 5.69 Å². The minimum atomic E-state index is -0.0332. The maximum absolute atomic E-state index is 12.7. The van der Waals surface area contributed by atoms with Gasteiger partial charge in [-0.15, -0.1) is 0 Å². The smallest absolute Gasteiger partial charge is 0.331 e. The first-order valence-electron chi connectivity index (χ1n) is 7.62. The number of rotatable bonds is 2. The van der Waals surface area contributed by atoms with Gasteiger partial charge in [0.2, 0.25) is 0 Å². The lowest BCUT2D eigenvalue weighted by molar-refractivity contribution is 0.597. The predicted octanol–water partition coefficient (Wildman–Crippen LogP) is 2.81. The number of fused-ring (bicyclic) bond motifs is 3. The summed E-state index contributed by atoms with van der Waals surface area (Å²) in [7, 11) is 0. The van der Waals surface area contributed by atoms with Crippen LogP contribution in [0.2, 0.25) is 0 Å². The molecule has 23 heavy (non-hydrogen) atoms. The molecule has 1 unspecified atom stereocenters. The summed E-state index contributed by atoms with van der Waals surface area (Å²) >= 11 is 3.43. The Hall–Kier alpha value is -2.15. The van der Waals surface area contributed by atoms with Crippen molar-refractivity contribution < 1.29 is 0 Å². The van der Waals surface area contributed by atoms with E-state index in [1.807, 2.05) is 31.2 Å². The highest BCUT2D eigenvalue weighted by atomic mass is 79.9. The van der Waals surface area contributed by atoms with Crippen LogP contribution in [0, 0.1) is 0 Å². The molecule has 1 N–H and O–H groups in total. The minimum absolute atomic E-state index is 0.0332. The summed E-state index contributed by atoms with van der Waals surface area (Å²) in [6, 6.07) is 8.07. The second kappa shape index (κ2) is 5.19. The van der Waals surface area contributed by atoms with E-state index in [0.717, 1.165) is 21.5 Å². The number of anilines is 1. The number of benzene rings is 1. The van der Waals surface area contributed by atoms with E-state index in [2.05, 4.69) is 33.2 Å². The van der Waals surface area contributed by atoms with E-state index in [4.69, 9.17) is 4.98 Å². The molecule has 1 aromatic carbocycles. The molecule has 3 heterocycles. The summed E-state index contributed by atoms with van der Waals surface area (Å²) in [5, 5.41) is 3.35. The summed E-state index contributed by atoms with van der Waals surface area (Å²) in [6.07, 6.45) is 0. The molecule has 3 aliphatic heterocycles. The van der Waals surface area contributed by atoms with Gasteiger partial charge in [0.25, 0.3) is 0 Å². The van der Waals surface area contributed by atoms with Crippen molar-refractivity contribution in [3.05, 3.63) is 39.2 Å². The van der Waals surface area contributed by atoms with Gasteiger partial charge in [-0.05, 0) is 26.0 Å². The second-order valence-electron chi connectivity index (χ2n) is 5.76. The molecule has 0 amide bonds. The summed E-state index contributed by atoms with van der Waals surface area (Å²) in [5.74, 6) is 2.06. The van der Waals surface area contributed by atoms with Gasteiger partial charge in [0, 0.05) is 29.2 Å². The molecule has 0 aromatic heterocycles. The van der Waals surface area contributed by atoms with E-state index in [9.17, 15) is 4.79 Å². The van der Waals surface area contributed by atoms with Crippen LogP contribution in [0.4, 0.5) is 5.82 Å². The number of nitrogens with one attached hydrogen (secondary N) is 1. The lowest BCUT2D eigenvalue weighted by Crippen LogP contribution is -2.31. The number of hydrogen-bond donors (Lipinski definition) is 1. The van der Waals surface area contributed by atoms with Crippen LogP contribution in [0.5, 0.6) is 0 Å². The van der Waals surface area contributed by atoms with E-state index in [1.165, 1.54) is 0 Å². The second-order valence-corrected chi connectivity index (χ2v) is 6.67. The van der Waals surface area contributed by atoms with Crippen molar-refractivity contribution in [3.63, 3.8) is 0 Å². The lowest BCUT2D eigenvalue weighted by Gasteiger charge is -2.12. The largest absolute Gasteiger partial charge is 0.365 e. The summed E-state index contributed by atoms with van der Waals surface area (Å²) in [4.78, 5) is 22.0. The molecule has 7 heteroatoms. The van der Waals surface area contributed by atoms with E-state index < -0.39 is 0 Å². The number of aromatic nitrogens is 4. The zero-order valence-electron chi connectivity index (χ0n) is 12.9. The average Bonchev–Trinajstić information content (AvgIpc) is 3.12. The molecular weight excluding hydrogens is 358 g/mol. The normalized spacial score (nSPS) is 16.6. The van der Waals surface area contributed by atoms with Gasteiger partial charge < -0.3 is 5.32 Å². The number of hydrogen-bond acceptors (Lipinski definition) is 4. The third kappa shape index (κ3) is 2.18. The van der Waals surface area contributed by atoms with Crippen molar-refractivity contribution in [2.24, 2.45) is 0 Å².